The molecule has 1 aromatic carbocycles. The van der Waals surface area contributed by atoms with Crippen LogP contribution in [0.25, 0.3) is 0 Å². The van der Waals surface area contributed by atoms with Crippen LogP contribution in [0.15, 0.2) is 28.9 Å². The molecule has 0 atom stereocenters. The molecule has 2 rings (SSSR count). The number of ether oxygens (including phenoxy) is 1. The van der Waals surface area contributed by atoms with Crippen LogP contribution in [0.2, 0.25) is 0 Å². The van der Waals surface area contributed by atoms with Gasteiger partial charge in [-0.2, -0.15) is 0 Å². The second-order valence-electron chi connectivity index (χ2n) is 3.97. The van der Waals surface area contributed by atoms with E-state index in [0.717, 1.165) is 5.56 Å². The second-order valence-corrected chi connectivity index (χ2v) is 4.76. The highest BCUT2D eigenvalue weighted by Gasteiger charge is 2.10. The third-order valence-electron chi connectivity index (χ3n) is 2.73. The Morgan fingerprint density at radius 1 is 1.42 bits per heavy atom. The van der Waals surface area contributed by atoms with Gasteiger partial charge in [-0.05, 0) is 40.5 Å². The summed E-state index contributed by atoms with van der Waals surface area (Å²) in [4.78, 5) is 4.14. The highest BCUT2D eigenvalue weighted by Crippen LogP contribution is 2.31. The summed E-state index contributed by atoms with van der Waals surface area (Å²) in [6.07, 6.45) is 1.53. The number of anilines is 3. The minimum absolute atomic E-state index is 0.289. The van der Waals surface area contributed by atoms with Gasteiger partial charge in [0.1, 0.15) is 17.4 Å². The first-order valence-corrected chi connectivity index (χ1v) is 6.33. The van der Waals surface area contributed by atoms with Crippen molar-refractivity contribution in [3.8, 4) is 5.75 Å². The average molecular weight is 326 g/mol. The Bertz CT molecular complexity index is 619. The highest BCUT2D eigenvalue weighted by molar-refractivity contribution is 9.10. The Morgan fingerprint density at radius 3 is 2.84 bits per heavy atom. The van der Waals surface area contributed by atoms with Gasteiger partial charge < -0.3 is 15.8 Å². The molecule has 0 saturated heterocycles. The van der Waals surface area contributed by atoms with Gasteiger partial charge >= 0.3 is 0 Å². The Hall–Kier alpha value is -1.82. The molecule has 19 heavy (non-hydrogen) atoms. The molecular weight excluding hydrogens is 313 g/mol. The smallest absolute Gasteiger partial charge is 0.146 e. The normalized spacial score (nSPS) is 10.3. The lowest BCUT2D eigenvalue weighted by atomic mass is 10.2. The SMILES string of the molecule is COc1ccc(F)c(Nc2ncc(N)c(C)c2Br)c1. The maximum absolute atomic E-state index is 13.7. The standard InChI is InChI=1S/C13H13BrFN3O/c1-7-10(16)6-17-13(12(7)14)18-11-5-8(19-2)3-4-9(11)15/h3-6H,16H2,1-2H3,(H,17,18). The number of rotatable bonds is 3. The largest absolute Gasteiger partial charge is 0.497 e. The topological polar surface area (TPSA) is 60.2 Å². The average Bonchev–Trinajstić information content (AvgIpc) is 2.41. The number of hydrogen-bond acceptors (Lipinski definition) is 4. The molecule has 2 aromatic rings. The number of methoxy groups -OCH3 is 1. The molecule has 0 amide bonds. The van der Waals surface area contributed by atoms with E-state index in [1.165, 1.54) is 19.4 Å². The predicted octanol–water partition coefficient (Wildman–Crippen LogP) is 3.63. The Kier molecular flexibility index (Phi) is 3.90. The third-order valence-corrected chi connectivity index (χ3v) is 3.70. The zero-order chi connectivity index (χ0) is 14.0. The van der Waals surface area contributed by atoms with E-state index in [-0.39, 0.29) is 11.5 Å². The maximum atomic E-state index is 13.7. The monoisotopic (exact) mass is 325 g/mol. The van der Waals surface area contributed by atoms with E-state index in [1.807, 2.05) is 6.92 Å². The first kappa shape index (κ1) is 13.6. The van der Waals surface area contributed by atoms with E-state index in [0.29, 0.717) is 21.7 Å². The molecule has 0 aliphatic carbocycles. The Balaban J connectivity index is 2.39. The number of halogens is 2. The molecule has 0 spiro atoms. The number of nitrogen functional groups attached to an aromatic ring is 1. The molecule has 0 fully saturated rings. The van der Waals surface area contributed by atoms with Crippen molar-refractivity contribution in [2.45, 2.75) is 6.92 Å². The van der Waals surface area contributed by atoms with Crippen LogP contribution in [-0.4, -0.2) is 12.1 Å². The van der Waals surface area contributed by atoms with Crippen molar-refractivity contribution >= 4 is 33.1 Å². The van der Waals surface area contributed by atoms with Crippen LogP contribution in [0, 0.1) is 12.7 Å². The van der Waals surface area contributed by atoms with Gasteiger partial charge in [-0.25, -0.2) is 9.37 Å². The minimum Gasteiger partial charge on any atom is -0.497 e. The van der Waals surface area contributed by atoms with Gasteiger partial charge in [0.05, 0.1) is 29.2 Å². The first-order chi connectivity index (χ1) is 9.02. The molecule has 0 unspecified atom stereocenters. The molecule has 0 radical (unpaired) electrons. The second kappa shape index (κ2) is 5.44. The summed E-state index contributed by atoms with van der Waals surface area (Å²) in [6, 6.07) is 4.45. The predicted molar refractivity (Wildman–Crippen MR) is 77.3 cm³/mol. The fourth-order valence-electron chi connectivity index (χ4n) is 1.53. The van der Waals surface area contributed by atoms with Crippen LogP contribution >= 0.6 is 15.9 Å². The van der Waals surface area contributed by atoms with E-state index >= 15 is 0 Å². The summed E-state index contributed by atoms with van der Waals surface area (Å²) in [5, 5.41) is 2.91. The number of nitrogens with zero attached hydrogens (tertiary/aromatic N) is 1. The van der Waals surface area contributed by atoms with Crippen molar-refractivity contribution in [2.75, 3.05) is 18.2 Å². The molecule has 0 saturated carbocycles. The quantitative estimate of drug-likeness (QED) is 0.904. The lowest BCUT2D eigenvalue weighted by Crippen LogP contribution is -2.01. The summed E-state index contributed by atoms with van der Waals surface area (Å²) >= 11 is 3.39. The molecule has 0 bridgehead atoms. The van der Waals surface area contributed by atoms with Crippen LogP contribution < -0.4 is 15.8 Å². The van der Waals surface area contributed by atoms with Crippen LogP contribution in [0.5, 0.6) is 5.75 Å². The number of pyridine rings is 1. The van der Waals surface area contributed by atoms with E-state index in [4.69, 9.17) is 10.5 Å². The summed E-state index contributed by atoms with van der Waals surface area (Å²) < 4.78 is 19.5. The van der Waals surface area contributed by atoms with Crippen LogP contribution in [-0.2, 0) is 0 Å². The van der Waals surface area contributed by atoms with Gasteiger partial charge in [-0.15, -0.1) is 0 Å². The zero-order valence-electron chi connectivity index (χ0n) is 10.5. The number of aromatic nitrogens is 1. The van der Waals surface area contributed by atoms with E-state index in [9.17, 15) is 4.39 Å². The number of nitrogens with one attached hydrogen (secondary N) is 1. The first-order valence-electron chi connectivity index (χ1n) is 5.54. The molecule has 1 aromatic heterocycles. The molecule has 100 valence electrons. The van der Waals surface area contributed by atoms with E-state index in [2.05, 4.69) is 26.2 Å². The fourth-order valence-corrected chi connectivity index (χ4v) is 1.96. The maximum Gasteiger partial charge on any atom is 0.146 e. The van der Waals surface area contributed by atoms with Gasteiger partial charge in [0.15, 0.2) is 0 Å². The van der Waals surface area contributed by atoms with Crippen molar-refractivity contribution < 1.29 is 9.13 Å². The Labute approximate surface area is 118 Å². The summed E-state index contributed by atoms with van der Waals surface area (Å²) in [5.74, 6) is 0.676. The third kappa shape index (κ3) is 2.78. The Morgan fingerprint density at radius 2 is 2.16 bits per heavy atom. The van der Waals surface area contributed by atoms with Crippen molar-refractivity contribution in [1.29, 1.82) is 0 Å². The van der Waals surface area contributed by atoms with Crippen molar-refractivity contribution in [1.82, 2.24) is 4.98 Å². The molecule has 0 aliphatic rings. The van der Waals surface area contributed by atoms with E-state index < -0.39 is 0 Å². The van der Waals surface area contributed by atoms with Crippen molar-refractivity contribution in [3.63, 3.8) is 0 Å². The van der Waals surface area contributed by atoms with Crippen molar-refractivity contribution in [2.24, 2.45) is 0 Å². The lowest BCUT2D eigenvalue weighted by molar-refractivity contribution is 0.414. The van der Waals surface area contributed by atoms with Crippen LogP contribution in [0.1, 0.15) is 5.56 Å². The zero-order valence-corrected chi connectivity index (χ0v) is 12.1. The van der Waals surface area contributed by atoms with Gasteiger partial charge in [0, 0.05) is 6.07 Å². The van der Waals surface area contributed by atoms with E-state index in [1.54, 1.807) is 12.1 Å². The summed E-state index contributed by atoms with van der Waals surface area (Å²) in [5.41, 5.74) is 7.45. The minimum atomic E-state index is -0.385. The van der Waals surface area contributed by atoms with Gasteiger partial charge in [-0.3, -0.25) is 0 Å². The van der Waals surface area contributed by atoms with Crippen LogP contribution in [0.3, 0.4) is 0 Å². The number of hydrogen-bond donors (Lipinski definition) is 2. The summed E-state index contributed by atoms with van der Waals surface area (Å²) in [6.45, 7) is 1.86. The highest BCUT2D eigenvalue weighted by atomic mass is 79.9. The molecule has 3 N–H and O–H groups in total. The molecule has 1 heterocycles. The molecule has 0 aliphatic heterocycles. The number of benzene rings is 1. The molecule has 4 nitrogen and oxygen atoms in total. The fraction of sp³-hybridized carbons (Fsp3) is 0.154. The van der Waals surface area contributed by atoms with Crippen LogP contribution in [0.4, 0.5) is 21.6 Å². The molecular formula is C13H13BrFN3O. The molecule has 6 heteroatoms. The summed E-state index contributed by atoms with van der Waals surface area (Å²) in [7, 11) is 1.53. The van der Waals surface area contributed by atoms with Crippen molar-refractivity contribution in [3.05, 3.63) is 40.2 Å². The van der Waals surface area contributed by atoms with Gasteiger partial charge in [0.2, 0.25) is 0 Å². The number of nitrogens with two attached hydrogens (primary N) is 1. The van der Waals surface area contributed by atoms with Gasteiger partial charge in [-0.1, -0.05) is 0 Å². The lowest BCUT2D eigenvalue weighted by Gasteiger charge is -2.12. The van der Waals surface area contributed by atoms with Gasteiger partial charge in [0.25, 0.3) is 0 Å².